The average molecular weight is 411 g/mol. The molecule has 9 heteroatoms. The lowest BCUT2D eigenvalue weighted by Crippen LogP contribution is -3.14. The van der Waals surface area contributed by atoms with Crippen molar-refractivity contribution in [1.82, 2.24) is 4.90 Å². The van der Waals surface area contributed by atoms with Gasteiger partial charge in [0.2, 0.25) is 0 Å². The fourth-order valence-corrected chi connectivity index (χ4v) is 4.05. The van der Waals surface area contributed by atoms with Gasteiger partial charge in [-0.3, -0.25) is 14.4 Å². The molecule has 1 aromatic rings. The molecule has 0 aromatic heterocycles. The van der Waals surface area contributed by atoms with Crippen LogP contribution < -0.4 is 15.0 Å². The minimum atomic E-state index is -0.343. The maximum Gasteiger partial charge on any atom is 0.320 e. The van der Waals surface area contributed by atoms with Crippen molar-refractivity contribution >= 4 is 35.2 Å². The van der Waals surface area contributed by atoms with Gasteiger partial charge in [-0.25, -0.2) is 0 Å². The Morgan fingerprint density at radius 3 is 2.75 bits per heavy atom. The van der Waals surface area contributed by atoms with Crippen molar-refractivity contribution in [3.05, 3.63) is 24.3 Å². The molecule has 1 aliphatic rings. The summed E-state index contributed by atoms with van der Waals surface area (Å²) in [5, 5.41) is 2.49. The van der Waals surface area contributed by atoms with E-state index in [-0.39, 0.29) is 36.1 Å². The van der Waals surface area contributed by atoms with Crippen molar-refractivity contribution < 1.29 is 28.8 Å². The summed E-state index contributed by atoms with van der Waals surface area (Å²) in [5.41, 5.74) is 0.653. The van der Waals surface area contributed by atoms with Crippen LogP contribution in [0.4, 0.5) is 5.69 Å². The number of benzene rings is 1. The van der Waals surface area contributed by atoms with E-state index in [0.717, 1.165) is 4.90 Å². The third kappa shape index (κ3) is 6.42. The highest BCUT2D eigenvalue weighted by Gasteiger charge is 2.31. The SMILES string of the molecule is CC[NH+](CC(=O)Nc1cccc(OC)c1)CC(=O)N1CCS[C@H](C(=O)OC)C1. The van der Waals surface area contributed by atoms with Crippen LogP contribution in [-0.2, 0) is 19.1 Å². The number of carbonyl (C=O) groups excluding carboxylic acids is 3. The van der Waals surface area contributed by atoms with Crippen molar-refractivity contribution in [3.63, 3.8) is 0 Å². The summed E-state index contributed by atoms with van der Waals surface area (Å²) < 4.78 is 9.93. The molecule has 1 fully saturated rings. The van der Waals surface area contributed by atoms with E-state index >= 15 is 0 Å². The molecule has 0 saturated carbocycles. The Hall–Kier alpha value is -2.26. The zero-order valence-corrected chi connectivity index (χ0v) is 17.3. The van der Waals surface area contributed by atoms with Gasteiger partial charge in [-0.2, -0.15) is 0 Å². The molecule has 28 heavy (non-hydrogen) atoms. The second kappa shape index (κ2) is 10.9. The summed E-state index contributed by atoms with van der Waals surface area (Å²) in [5.74, 6) is 0.832. The number of anilines is 1. The largest absolute Gasteiger partial charge is 0.497 e. The number of carbonyl (C=O) groups is 3. The Morgan fingerprint density at radius 2 is 2.07 bits per heavy atom. The van der Waals surface area contributed by atoms with Gasteiger partial charge in [0.05, 0.1) is 20.8 Å². The van der Waals surface area contributed by atoms with E-state index < -0.39 is 0 Å². The first kappa shape index (κ1) is 22.0. The number of likely N-dealkylation sites (N-methyl/N-ethyl adjacent to an activating group) is 1. The number of ether oxygens (including phenoxy) is 2. The highest BCUT2D eigenvalue weighted by molar-refractivity contribution is 8.00. The average Bonchev–Trinajstić information content (AvgIpc) is 2.72. The van der Waals surface area contributed by atoms with Crippen molar-refractivity contribution in [2.24, 2.45) is 0 Å². The fraction of sp³-hybridized carbons (Fsp3) is 0.526. The van der Waals surface area contributed by atoms with E-state index in [1.165, 1.54) is 18.9 Å². The van der Waals surface area contributed by atoms with Crippen molar-refractivity contribution in [2.45, 2.75) is 12.2 Å². The molecule has 0 aliphatic carbocycles. The van der Waals surface area contributed by atoms with E-state index in [0.29, 0.717) is 36.8 Å². The van der Waals surface area contributed by atoms with Crippen molar-refractivity contribution in [3.8, 4) is 5.75 Å². The van der Waals surface area contributed by atoms with Crippen LogP contribution >= 0.6 is 11.8 Å². The van der Waals surface area contributed by atoms with Gasteiger partial charge in [0, 0.05) is 30.6 Å². The standard InChI is InChI=1S/C19H27N3O5S/c1-4-21(12-17(23)20-14-6-5-7-15(10-14)26-2)13-18(24)22-8-9-28-16(11-22)19(25)27-3/h5-7,10,16H,4,8-9,11-13H2,1-3H3,(H,20,23)/p+1/t16-/m0/s1. The van der Waals surface area contributed by atoms with Crippen LogP contribution in [0.3, 0.4) is 0 Å². The Bertz CT molecular complexity index is 700. The number of esters is 1. The molecule has 1 aliphatic heterocycles. The maximum absolute atomic E-state index is 12.6. The monoisotopic (exact) mass is 410 g/mol. The van der Waals surface area contributed by atoms with Gasteiger partial charge in [0.1, 0.15) is 11.0 Å². The Balaban J connectivity index is 1.87. The van der Waals surface area contributed by atoms with Gasteiger partial charge in [0.25, 0.3) is 11.8 Å². The third-order valence-corrected chi connectivity index (χ3v) is 5.71. The van der Waals surface area contributed by atoms with E-state index in [4.69, 9.17) is 9.47 Å². The van der Waals surface area contributed by atoms with Gasteiger partial charge in [0.15, 0.2) is 13.1 Å². The first-order chi connectivity index (χ1) is 13.5. The van der Waals surface area contributed by atoms with Gasteiger partial charge in [-0.15, -0.1) is 11.8 Å². The number of nitrogens with zero attached hydrogens (tertiary/aromatic N) is 1. The minimum absolute atomic E-state index is 0.0553. The van der Waals surface area contributed by atoms with Gasteiger partial charge < -0.3 is 24.6 Å². The summed E-state index contributed by atoms with van der Waals surface area (Å²) in [4.78, 5) is 39.3. The summed E-state index contributed by atoms with van der Waals surface area (Å²) in [6.45, 7) is 3.92. The van der Waals surface area contributed by atoms with Crippen molar-refractivity contribution in [1.29, 1.82) is 0 Å². The molecule has 1 saturated heterocycles. The Labute approximate surface area is 169 Å². The molecule has 1 unspecified atom stereocenters. The molecular weight excluding hydrogens is 382 g/mol. The Kier molecular flexibility index (Phi) is 8.59. The van der Waals surface area contributed by atoms with E-state index in [9.17, 15) is 14.4 Å². The van der Waals surface area contributed by atoms with Crippen LogP contribution in [-0.4, -0.2) is 80.6 Å². The molecular formula is C19H28N3O5S+. The number of nitrogens with one attached hydrogen (secondary N) is 2. The fourth-order valence-electron chi connectivity index (χ4n) is 2.92. The second-order valence-corrected chi connectivity index (χ2v) is 7.77. The lowest BCUT2D eigenvalue weighted by Gasteiger charge is -2.31. The van der Waals surface area contributed by atoms with Gasteiger partial charge in [-0.05, 0) is 19.1 Å². The minimum Gasteiger partial charge on any atom is -0.497 e. The molecule has 2 amide bonds. The predicted octanol–water partition coefficient (Wildman–Crippen LogP) is -0.344. The summed E-state index contributed by atoms with van der Waals surface area (Å²) in [6, 6.07) is 7.13. The molecule has 8 nitrogen and oxygen atoms in total. The quantitative estimate of drug-likeness (QED) is 0.570. The molecule has 0 bridgehead atoms. The number of hydrogen-bond donors (Lipinski definition) is 2. The Morgan fingerprint density at radius 1 is 1.29 bits per heavy atom. The molecule has 154 valence electrons. The van der Waals surface area contributed by atoms with Crippen LogP contribution in [0.25, 0.3) is 0 Å². The number of rotatable bonds is 8. The summed E-state index contributed by atoms with van der Waals surface area (Å²) in [7, 11) is 2.92. The van der Waals surface area contributed by atoms with Crippen LogP contribution in [0, 0.1) is 0 Å². The molecule has 0 spiro atoms. The van der Waals surface area contributed by atoms with Crippen molar-refractivity contribution in [2.75, 3.05) is 58.0 Å². The number of amides is 2. The van der Waals surface area contributed by atoms with Gasteiger partial charge >= 0.3 is 5.97 Å². The lowest BCUT2D eigenvalue weighted by molar-refractivity contribution is -0.882. The zero-order valence-electron chi connectivity index (χ0n) is 16.5. The number of quaternary nitrogens is 1. The molecule has 2 rings (SSSR count). The highest BCUT2D eigenvalue weighted by atomic mass is 32.2. The van der Waals surface area contributed by atoms with Gasteiger partial charge in [-0.1, -0.05) is 6.07 Å². The van der Waals surface area contributed by atoms with Crippen LogP contribution in [0.15, 0.2) is 24.3 Å². The summed E-state index contributed by atoms with van der Waals surface area (Å²) in [6.07, 6.45) is 0. The predicted molar refractivity (Wildman–Crippen MR) is 108 cm³/mol. The topological polar surface area (TPSA) is 89.4 Å². The van der Waals surface area contributed by atoms with E-state index in [1.807, 2.05) is 6.92 Å². The van der Waals surface area contributed by atoms with Crippen LogP contribution in [0.2, 0.25) is 0 Å². The zero-order chi connectivity index (χ0) is 20.5. The van der Waals surface area contributed by atoms with Crippen LogP contribution in [0.5, 0.6) is 5.75 Å². The molecule has 2 atom stereocenters. The maximum atomic E-state index is 12.6. The first-order valence-corrected chi connectivity index (χ1v) is 10.3. The lowest BCUT2D eigenvalue weighted by atomic mass is 10.3. The summed E-state index contributed by atoms with van der Waals surface area (Å²) >= 11 is 1.51. The smallest absolute Gasteiger partial charge is 0.320 e. The molecule has 0 radical (unpaired) electrons. The van der Waals surface area contributed by atoms with Crippen LogP contribution in [0.1, 0.15) is 6.92 Å². The van der Waals surface area contributed by atoms with E-state index in [2.05, 4.69) is 5.32 Å². The normalized spacial score (nSPS) is 17.5. The molecule has 1 aromatic carbocycles. The molecule has 2 N–H and O–H groups in total. The number of methoxy groups -OCH3 is 2. The highest BCUT2D eigenvalue weighted by Crippen LogP contribution is 2.19. The third-order valence-electron chi connectivity index (χ3n) is 4.55. The second-order valence-electron chi connectivity index (χ2n) is 6.46. The molecule has 1 heterocycles. The van der Waals surface area contributed by atoms with E-state index in [1.54, 1.807) is 36.3 Å². The number of thioether (sulfide) groups is 1. The first-order valence-electron chi connectivity index (χ1n) is 9.21. The number of hydrogen-bond acceptors (Lipinski definition) is 6.